The van der Waals surface area contributed by atoms with Crippen LogP contribution in [0, 0.1) is 0 Å². The zero-order chi connectivity index (χ0) is 20.0. The van der Waals surface area contributed by atoms with Crippen molar-refractivity contribution in [3.05, 3.63) is 46.4 Å². The molecule has 160 valence electrons. The van der Waals surface area contributed by atoms with E-state index in [1.807, 2.05) is 18.2 Å². The summed E-state index contributed by atoms with van der Waals surface area (Å²) in [6, 6.07) is 10.6. The lowest BCUT2D eigenvalue weighted by Gasteiger charge is -2.35. The van der Waals surface area contributed by atoms with Crippen LogP contribution in [0.25, 0.3) is 0 Å². The van der Waals surface area contributed by atoms with Crippen molar-refractivity contribution in [2.45, 2.75) is 31.5 Å². The second kappa shape index (κ2) is 11.0. The first-order chi connectivity index (χ1) is 13.5. The van der Waals surface area contributed by atoms with E-state index < -0.39 is 11.9 Å². The van der Waals surface area contributed by atoms with Crippen LogP contribution in [-0.4, -0.2) is 43.7 Å². The molecule has 0 radical (unpaired) electrons. The SMILES string of the molecule is CN=C(NCCc1nc(C(F)(F)F)cs1)NC1CCCN(c2ccccc2)C1.I. The molecule has 1 fully saturated rings. The molecule has 2 N–H and O–H groups in total. The molecule has 1 saturated heterocycles. The molecule has 2 heterocycles. The number of piperidine rings is 1. The van der Waals surface area contributed by atoms with Crippen molar-refractivity contribution in [2.24, 2.45) is 4.99 Å². The van der Waals surface area contributed by atoms with Gasteiger partial charge in [0.2, 0.25) is 0 Å². The van der Waals surface area contributed by atoms with E-state index in [0.29, 0.717) is 23.9 Å². The Morgan fingerprint density at radius 3 is 2.72 bits per heavy atom. The average Bonchev–Trinajstić information content (AvgIpc) is 3.17. The van der Waals surface area contributed by atoms with Crippen LogP contribution in [0.1, 0.15) is 23.5 Å². The molecule has 0 saturated carbocycles. The van der Waals surface area contributed by atoms with Gasteiger partial charge < -0.3 is 15.5 Å². The Morgan fingerprint density at radius 1 is 1.31 bits per heavy atom. The van der Waals surface area contributed by atoms with Crippen LogP contribution < -0.4 is 15.5 Å². The van der Waals surface area contributed by atoms with Crippen molar-refractivity contribution in [1.82, 2.24) is 15.6 Å². The number of thiazole rings is 1. The van der Waals surface area contributed by atoms with Gasteiger partial charge in [-0.05, 0) is 25.0 Å². The number of rotatable bonds is 5. The molecule has 5 nitrogen and oxygen atoms in total. The van der Waals surface area contributed by atoms with E-state index in [4.69, 9.17) is 0 Å². The highest BCUT2D eigenvalue weighted by molar-refractivity contribution is 14.0. The molecule has 1 atom stereocenters. The van der Waals surface area contributed by atoms with Crippen molar-refractivity contribution < 1.29 is 13.2 Å². The molecular weight excluding hydrogens is 514 g/mol. The first-order valence-electron chi connectivity index (χ1n) is 9.24. The van der Waals surface area contributed by atoms with Crippen molar-refractivity contribution in [2.75, 3.05) is 31.6 Å². The first kappa shape index (κ1) is 23.7. The predicted molar refractivity (Wildman–Crippen MR) is 122 cm³/mol. The number of aliphatic imine (C=N–C) groups is 1. The molecule has 0 spiro atoms. The number of nitrogens with one attached hydrogen (secondary N) is 2. The van der Waals surface area contributed by atoms with Crippen LogP contribution in [0.15, 0.2) is 40.7 Å². The number of anilines is 1. The van der Waals surface area contributed by atoms with Crippen molar-refractivity contribution in [3.63, 3.8) is 0 Å². The van der Waals surface area contributed by atoms with Gasteiger partial charge in [0.25, 0.3) is 0 Å². The Morgan fingerprint density at radius 2 is 2.07 bits per heavy atom. The van der Waals surface area contributed by atoms with Crippen molar-refractivity contribution >= 4 is 47.0 Å². The van der Waals surface area contributed by atoms with E-state index in [-0.39, 0.29) is 30.0 Å². The quantitative estimate of drug-likeness (QED) is 0.341. The van der Waals surface area contributed by atoms with Gasteiger partial charge in [-0.15, -0.1) is 35.3 Å². The fourth-order valence-corrected chi connectivity index (χ4v) is 4.00. The summed E-state index contributed by atoms with van der Waals surface area (Å²) in [5, 5.41) is 8.11. The molecule has 1 aromatic carbocycles. The van der Waals surface area contributed by atoms with E-state index in [2.05, 4.69) is 37.6 Å². The molecule has 0 aliphatic carbocycles. The lowest BCUT2D eigenvalue weighted by Crippen LogP contribution is -2.51. The maximum Gasteiger partial charge on any atom is 0.434 e. The smallest absolute Gasteiger partial charge is 0.369 e. The molecule has 29 heavy (non-hydrogen) atoms. The standard InChI is InChI=1S/C19H24F3N5S.HI/c1-23-18(24-10-9-17-26-16(13-28-17)19(20,21)22)25-14-6-5-11-27(12-14)15-7-3-2-4-8-15;/h2-4,7-8,13-14H,5-6,9-12H2,1H3,(H2,23,24,25);1H. The number of hydrogen-bond donors (Lipinski definition) is 2. The van der Waals surface area contributed by atoms with Gasteiger partial charge in [0.15, 0.2) is 11.7 Å². The van der Waals surface area contributed by atoms with Gasteiger partial charge in [-0.25, -0.2) is 4.98 Å². The third-order valence-electron chi connectivity index (χ3n) is 4.58. The topological polar surface area (TPSA) is 52.6 Å². The summed E-state index contributed by atoms with van der Waals surface area (Å²) < 4.78 is 37.8. The number of nitrogens with zero attached hydrogens (tertiary/aromatic N) is 3. The van der Waals surface area contributed by atoms with Gasteiger partial charge in [0.1, 0.15) is 0 Å². The lowest BCUT2D eigenvalue weighted by atomic mass is 10.1. The Balaban J connectivity index is 0.00000300. The highest BCUT2D eigenvalue weighted by atomic mass is 127. The largest absolute Gasteiger partial charge is 0.434 e. The zero-order valence-corrected chi connectivity index (χ0v) is 19.2. The van der Waals surface area contributed by atoms with Gasteiger partial charge >= 0.3 is 6.18 Å². The van der Waals surface area contributed by atoms with Crippen LogP contribution in [0.2, 0.25) is 0 Å². The predicted octanol–water partition coefficient (Wildman–Crippen LogP) is 4.16. The molecular formula is C19H25F3IN5S. The number of guanidine groups is 1. The molecule has 0 bridgehead atoms. The van der Waals surface area contributed by atoms with Crippen LogP contribution >= 0.6 is 35.3 Å². The Hall–Kier alpha value is -1.56. The normalized spacial score (nSPS) is 17.6. The highest BCUT2D eigenvalue weighted by Gasteiger charge is 2.33. The highest BCUT2D eigenvalue weighted by Crippen LogP contribution is 2.30. The van der Waals surface area contributed by atoms with E-state index in [1.54, 1.807) is 7.05 Å². The van der Waals surface area contributed by atoms with Gasteiger partial charge in [-0.3, -0.25) is 4.99 Å². The number of aromatic nitrogens is 1. The minimum Gasteiger partial charge on any atom is -0.369 e. The average molecular weight is 539 g/mol. The summed E-state index contributed by atoms with van der Waals surface area (Å²) in [5.74, 6) is 0.660. The zero-order valence-electron chi connectivity index (χ0n) is 16.1. The molecule has 1 aliphatic heterocycles. The number of benzene rings is 1. The molecule has 1 aromatic heterocycles. The summed E-state index contributed by atoms with van der Waals surface area (Å²) in [7, 11) is 1.69. The van der Waals surface area contributed by atoms with Crippen molar-refractivity contribution in [1.29, 1.82) is 0 Å². The summed E-state index contributed by atoms with van der Waals surface area (Å²) >= 11 is 1.03. The molecule has 3 rings (SSSR count). The number of halogens is 4. The fraction of sp³-hybridized carbons (Fsp3) is 0.474. The number of para-hydroxylation sites is 1. The summed E-state index contributed by atoms with van der Waals surface area (Å²) in [6.07, 6.45) is -1.83. The van der Waals surface area contributed by atoms with Gasteiger partial charge in [-0.2, -0.15) is 13.2 Å². The molecule has 1 aliphatic rings. The fourth-order valence-electron chi connectivity index (χ4n) is 3.20. The van der Waals surface area contributed by atoms with E-state index in [1.165, 1.54) is 5.69 Å². The van der Waals surface area contributed by atoms with Gasteiger partial charge in [0.05, 0.1) is 5.01 Å². The third-order valence-corrected chi connectivity index (χ3v) is 5.49. The van der Waals surface area contributed by atoms with E-state index in [0.717, 1.165) is 42.6 Å². The number of alkyl halides is 3. The van der Waals surface area contributed by atoms with E-state index >= 15 is 0 Å². The Kier molecular flexibility index (Phi) is 9.00. The third kappa shape index (κ3) is 7.02. The monoisotopic (exact) mass is 539 g/mol. The second-order valence-corrected chi connectivity index (χ2v) is 7.58. The summed E-state index contributed by atoms with van der Waals surface area (Å²) in [6.45, 7) is 2.38. The first-order valence-corrected chi connectivity index (χ1v) is 10.1. The lowest BCUT2D eigenvalue weighted by molar-refractivity contribution is -0.140. The van der Waals surface area contributed by atoms with Crippen LogP contribution in [-0.2, 0) is 12.6 Å². The van der Waals surface area contributed by atoms with Gasteiger partial charge in [0, 0.05) is 50.2 Å². The van der Waals surface area contributed by atoms with Crippen LogP contribution in [0.4, 0.5) is 18.9 Å². The number of hydrogen-bond acceptors (Lipinski definition) is 4. The second-order valence-electron chi connectivity index (χ2n) is 6.64. The Labute approximate surface area is 189 Å². The molecule has 10 heteroatoms. The summed E-state index contributed by atoms with van der Waals surface area (Å²) in [5.41, 5.74) is 0.388. The van der Waals surface area contributed by atoms with Crippen LogP contribution in [0.5, 0.6) is 0 Å². The minimum absolute atomic E-state index is 0. The minimum atomic E-state index is -4.38. The van der Waals surface area contributed by atoms with Gasteiger partial charge in [-0.1, -0.05) is 18.2 Å². The molecule has 2 aromatic rings. The maximum atomic E-state index is 12.6. The van der Waals surface area contributed by atoms with E-state index in [9.17, 15) is 13.2 Å². The Bertz CT molecular complexity index is 782. The van der Waals surface area contributed by atoms with Crippen molar-refractivity contribution in [3.8, 4) is 0 Å². The summed E-state index contributed by atoms with van der Waals surface area (Å²) in [4.78, 5) is 10.2. The molecule has 1 unspecified atom stereocenters. The maximum absolute atomic E-state index is 12.6. The molecule has 0 amide bonds. The van der Waals surface area contributed by atoms with Crippen LogP contribution in [0.3, 0.4) is 0 Å².